The number of hydrogen-bond acceptors (Lipinski definition) is 6. The molecule has 1 unspecified atom stereocenters. The molecule has 2 amide bonds. The first-order valence-electron chi connectivity index (χ1n) is 12.3. The fourth-order valence-electron chi connectivity index (χ4n) is 4.25. The predicted molar refractivity (Wildman–Crippen MR) is 156 cm³/mol. The van der Waals surface area contributed by atoms with Crippen molar-refractivity contribution in [3.63, 3.8) is 0 Å². The highest BCUT2D eigenvalue weighted by Crippen LogP contribution is 2.44. The summed E-state index contributed by atoms with van der Waals surface area (Å²) < 4.78 is 5.89. The molecule has 0 aromatic heterocycles. The van der Waals surface area contributed by atoms with Crippen molar-refractivity contribution in [1.29, 1.82) is 5.26 Å². The molecule has 1 atom stereocenters. The number of halogens is 1. The van der Waals surface area contributed by atoms with Gasteiger partial charge in [-0.15, -0.1) is 0 Å². The Balaban J connectivity index is 1.68. The van der Waals surface area contributed by atoms with E-state index in [1.807, 2.05) is 49.4 Å². The number of thioether (sulfide) groups is 1. The number of benzene rings is 3. The van der Waals surface area contributed by atoms with Gasteiger partial charge in [0.05, 0.1) is 45.7 Å². The third-order valence-electron chi connectivity index (χ3n) is 5.95. The second kappa shape index (κ2) is 13.1. The molecule has 3 N–H and O–H groups in total. The first-order valence-corrected chi connectivity index (χ1v) is 13.7. The average molecular weight is 559 g/mol. The van der Waals surface area contributed by atoms with Crippen molar-refractivity contribution in [3.05, 3.63) is 111 Å². The number of ether oxygens (including phenoxy) is 1. The quantitative estimate of drug-likeness (QED) is 0.279. The van der Waals surface area contributed by atoms with E-state index in [4.69, 9.17) is 16.3 Å². The van der Waals surface area contributed by atoms with Crippen LogP contribution in [-0.4, -0.2) is 24.2 Å². The summed E-state index contributed by atoms with van der Waals surface area (Å²) in [7, 11) is 0. The number of allylic oxidation sites excluding steroid dienone is 2. The summed E-state index contributed by atoms with van der Waals surface area (Å²) in [6.45, 7) is 4.09. The lowest BCUT2D eigenvalue weighted by atomic mass is 9.81. The maximum absolute atomic E-state index is 13.6. The van der Waals surface area contributed by atoms with E-state index in [1.54, 1.807) is 43.3 Å². The molecule has 0 saturated heterocycles. The number of para-hydroxylation sites is 3. The molecule has 0 spiro atoms. The summed E-state index contributed by atoms with van der Waals surface area (Å²) in [6.07, 6.45) is 0. The van der Waals surface area contributed by atoms with Gasteiger partial charge in [-0.25, -0.2) is 0 Å². The summed E-state index contributed by atoms with van der Waals surface area (Å²) in [5.74, 6) is -0.719. The Morgan fingerprint density at radius 1 is 1.03 bits per heavy atom. The summed E-state index contributed by atoms with van der Waals surface area (Å²) in [6, 6.07) is 25.8. The van der Waals surface area contributed by atoms with Crippen molar-refractivity contribution in [3.8, 4) is 11.8 Å². The fourth-order valence-corrected chi connectivity index (χ4v) is 5.33. The van der Waals surface area contributed by atoms with Crippen LogP contribution in [-0.2, 0) is 9.59 Å². The van der Waals surface area contributed by atoms with Gasteiger partial charge in [-0.05, 0) is 44.2 Å². The van der Waals surface area contributed by atoms with Crippen LogP contribution in [0.25, 0.3) is 0 Å². The minimum atomic E-state index is -0.711. The van der Waals surface area contributed by atoms with Gasteiger partial charge in [0.15, 0.2) is 0 Å². The molecular formula is C30H27ClN4O3S. The smallest absolute Gasteiger partial charge is 0.254 e. The van der Waals surface area contributed by atoms with E-state index >= 15 is 0 Å². The summed E-state index contributed by atoms with van der Waals surface area (Å²) in [4.78, 5) is 26.4. The van der Waals surface area contributed by atoms with Crippen LogP contribution in [0.1, 0.15) is 25.3 Å². The van der Waals surface area contributed by atoms with Crippen molar-refractivity contribution >= 4 is 46.6 Å². The summed E-state index contributed by atoms with van der Waals surface area (Å²) in [5, 5.41) is 20.2. The lowest BCUT2D eigenvalue weighted by molar-refractivity contribution is -0.114. The molecule has 1 aliphatic heterocycles. The van der Waals surface area contributed by atoms with Crippen molar-refractivity contribution in [1.82, 2.24) is 5.32 Å². The first kappa shape index (κ1) is 27.8. The maximum Gasteiger partial charge on any atom is 0.254 e. The number of carbonyl (C=O) groups is 2. The van der Waals surface area contributed by atoms with Gasteiger partial charge in [-0.3, -0.25) is 9.59 Å². The third kappa shape index (κ3) is 6.63. The van der Waals surface area contributed by atoms with Crippen molar-refractivity contribution in [2.24, 2.45) is 0 Å². The number of carbonyl (C=O) groups excluding carboxylic acids is 2. The standard InChI is InChI=1S/C30H27ClN4O3S/c1-3-38-25-16-10-7-13-21(25)28-22(17-32)30(39-18-26(36)35-24-15-9-8-14-23(24)31)33-19(2)27(28)29(37)34-20-11-5-4-6-12-20/h4-16,28,33H,3,18H2,1-2H3,(H,34,37)(H,35,36). The van der Waals surface area contributed by atoms with Gasteiger partial charge in [0, 0.05) is 22.5 Å². The van der Waals surface area contributed by atoms with E-state index in [2.05, 4.69) is 22.0 Å². The number of nitriles is 1. The molecule has 0 radical (unpaired) electrons. The molecule has 0 saturated carbocycles. The second-order valence-electron chi connectivity index (χ2n) is 8.56. The Kier molecular flexibility index (Phi) is 9.31. The SMILES string of the molecule is CCOc1ccccc1C1C(C#N)=C(SCC(=O)Nc2ccccc2Cl)NC(C)=C1C(=O)Nc1ccccc1. The van der Waals surface area contributed by atoms with E-state index in [-0.39, 0.29) is 17.6 Å². The monoisotopic (exact) mass is 558 g/mol. The Morgan fingerprint density at radius 2 is 1.72 bits per heavy atom. The summed E-state index contributed by atoms with van der Waals surface area (Å²) >= 11 is 7.36. The highest BCUT2D eigenvalue weighted by molar-refractivity contribution is 8.03. The molecule has 1 aliphatic rings. The molecule has 7 nitrogen and oxygen atoms in total. The van der Waals surface area contributed by atoms with E-state index in [1.165, 1.54) is 11.8 Å². The topological polar surface area (TPSA) is 103 Å². The number of anilines is 2. The first-order chi connectivity index (χ1) is 18.9. The van der Waals surface area contributed by atoms with Gasteiger partial charge in [0.1, 0.15) is 5.75 Å². The molecule has 0 bridgehead atoms. The second-order valence-corrected chi connectivity index (χ2v) is 9.95. The van der Waals surface area contributed by atoms with Gasteiger partial charge < -0.3 is 20.7 Å². The molecule has 0 aliphatic carbocycles. The molecular weight excluding hydrogens is 532 g/mol. The van der Waals surface area contributed by atoms with E-state index in [9.17, 15) is 14.9 Å². The third-order valence-corrected chi connectivity index (χ3v) is 7.30. The Bertz CT molecular complexity index is 1480. The van der Waals surface area contributed by atoms with Crippen molar-refractivity contribution in [2.45, 2.75) is 19.8 Å². The highest BCUT2D eigenvalue weighted by atomic mass is 35.5. The zero-order valence-electron chi connectivity index (χ0n) is 21.5. The Labute approximate surface area is 236 Å². The molecule has 198 valence electrons. The lowest BCUT2D eigenvalue weighted by Crippen LogP contribution is -2.31. The number of nitrogens with one attached hydrogen (secondary N) is 3. The molecule has 39 heavy (non-hydrogen) atoms. The van der Waals surface area contributed by atoms with Crippen LogP contribution in [0, 0.1) is 11.3 Å². The van der Waals surface area contributed by atoms with Crippen LogP contribution in [0.3, 0.4) is 0 Å². The van der Waals surface area contributed by atoms with E-state index < -0.39 is 5.92 Å². The normalized spacial score (nSPS) is 14.8. The predicted octanol–water partition coefficient (Wildman–Crippen LogP) is 6.45. The van der Waals surface area contributed by atoms with Crippen LogP contribution >= 0.6 is 23.4 Å². The molecule has 1 heterocycles. The number of dihydropyridines is 1. The molecule has 3 aromatic rings. The van der Waals surface area contributed by atoms with Crippen LogP contribution in [0.2, 0.25) is 5.02 Å². The number of hydrogen-bond donors (Lipinski definition) is 3. The van der Waals surface area contributed by atoms with Crippen molar-refractivity contribution < 1.29 is 14.3 Å². The molecule has 0 fully saturated rings. The van der Waals surface area contributed by atoms with E-state index in [0.717, 1.165) is 0 Å². The van der Waals surface area contributed by atoms with Crippen LogP contribution in [0.5, 0.6) is 5.75 Å². The van der Waals surface area contributed by atoms with Crippen molar-refractivity contribution in [2.75, 3.05) is 23.0 Å². The largest absolute Gasteiger partial charge is 0.494 e. The van der Waals surface area contributed by atoms with Crippen LogP contribution in [0.4, 0.5) is 11.4 Å². The maximum atomic E-state index is 13.6. The molecule has 3 aromatic carbocycles. The zero-order chi connectivity index (χ0) is 27.8. The number of nitrogens with zero attached hydrogens (tertiary/aromatic N) is 1. The van der Waals surface area contributed by atoms with Gasteiger partial charge in [0.25, 0.3) is 5.91 Å². The summed E-state index contributed by atoms with van der Waals surface area (Å²) in [5.41, 5.74) is 3.13. The van der Waals surface area contributed by atoms with Gasteiger partial charge >= 0.3 is 0 Å². The average Bonchev–Trinajstić information content (AvgIpc) is 2.93. The van der Waals surface area contributed by atoms with Gasteiger partial charge in [0.2, 0.25) is 5.91 Å². The lowest BCUT2D eigenvalue weighted by Gasteiger charge is -2.30. The van der Waals surface area contributed by atoms with Crippen LogP contribution < -0.4 is 20.7 Å². The minimum Gasteiger partial charge on any atom is -0.494 e. The molecule has 9 heteroatoms. The van der Waals surface area contributed by atoms with Crippen LogP contribution in [0.15, 0.2) is 101 Å². The molecule has 4 rings (SSSR count). The number of amides is 2. The van der Waals surface area contributed by atoms with Gasteiger partial charge in [-0.1, -0.05) is 71.9 Å². The minimum absolute atomic E-state index is 0.0252. The highest BCUT2D eigenvalue weighted by Gasteiger charge is 2.36. The Morgan fingerprint density at radius 3 is 2.44 bits per heavy atom. The fraction of sp³-hybridized carbons (Fsp3) is 0.167. The Hall–Kier alpha value is -4.19. The zero-order valence-corrected chi connectivity index (χ0v) is 23.0. The van der Waals surface area contributed by atoms with Gasteiger partial charge in [-0.2, -0.15) is 5.26 Å². The number of rotatable bonds is 9. The van der Waals surface area contributed by atoms with E-state index in [0.29, 0.717) is 56.2 Å².